The molecule has 0 saturated carbocycles. The number of anilines is 3. The molecule has 2 rings (SSSR count). The van der Waals surface area contributed by atoms with Crippen molar-refractivity contribution in [1.82, 2.24) is 9.97 Å². The summed E-state index contributed by atoms with van der Waals surface area (Å²) in [5, 5.41) is 5.77. The van der Waals surface area contributed by atoms with Gasteiger partial charge in [0.25, 0.3) is 0 Å². The Balaban J connectivity index is 2.40. The Bertz CT molecular complexity index is 594. The molecule has 0 aliphatic heterocycles. The van der Waals surface area contributed by atoms with Crippen molar-refractivity contribution in [2.24, 2.45) is 0 Å². The molecule has 7 heteroatoms. The van der Waals surface area contributed by atoms with E-state index >= 15 is 0 Å². The lowest BCUT2D eigenvalue weighted by molar-refractivity contribution is 0.415. The Morgan fingerprint density at radius 2 is 2.00 bits per heavy atom. The SMILES string of the molecule is CNc1ncnc(Nc2cc(Br)ccc2F)c1OC. The van der Waals surface area contributed by atoms with Gasteiger partial charge in [0.05, 0.1) is 12.8 Å². The lowest BCUT2D eigenvalue weighted by Gasteiger charge is -2.13. The quantitative estimate of drug-likeness (QED) is 0.903. The molecule has 2 aromatic rings. The van der Waals surface area contributed by atoms with Crippen LogP contribution in [-0.4, -0.2) is 24.1 Å². The number of hydrogen-bond acceptors (Lipinski definition) is 5. The number of benzene rings is 1. The molecule has 1 heterocycles. The molecule has 0 unspecified atom stereocenters. The van der Waals surface area contributed by atoms with Crippen LogP contribution < -0.4 is 15.4 Å². The zero-order valence-electron chi connectivity index (χ0n) is 10.4. The molecule has 5 nitrogen and oxygen atoms in total. The van der Waals surface area contributed by atoms with Gasteiger partial charge in [0.15, 0.2) is 11.6 Å². The highest BCUT2D eigenvalue weighted by atomic mass is 79.9. The van der Waals surface area contributed by atoms with Crippen molar-refractivity contribution in [1.29, 1.82) is 0 Å². The molecule has 0 atom stereocenters. The summed E-state index contributed by atoms with van der Waals surface area (Å²) in [6.45, 7) is 0. The lowest BCUT2D eigenvalue weighted by atomic mass is 10.3. The van der Waals surface area contributed by atoms with Gasteiger partial charge in [-0.1, -0.05) is 15.9 Å². The molecule has 0 saturated heterocycles. The summed E-state index contributed by atoms with van der Waals surface area (Å²) in [6.07, 6.45) is 1.37. The van der Waals surface area contributed by atoms with Crippen LogP contribution in [0.25, 0.3) is 0 Å². The highest BCUT2D eigenvalue weighted by molar-refractivity contribution is 9.10. The zero-order valence-corrected chi connectivity index (χ0v) is 12.0. The van der Waals surface area contributed by atoms with Gasteiger partial charge in [-0.3, -0.25) is 0 Å². The molecule has 0 aliphatic carbocycles. The van der Waals surface area contributed by atoms with Gasteiger partial charge in [0.1, 0.15) is 12.1 Å². The molecular weight excluding hydrogens is 315 g/mol. The van der Waals surface area contributed by atoms with Crippen LogP contribution in [0, 0.1) is 5.82 Å². The molecular formula is C12H12BrFN4O. The van der Waals surface area contributed by atoms with E-state index in [1.807, 2.05) is 0 Å². The standard InChI is InChI=1S/C12H12BrFN4O/c1-15-11-10(19-2)12(17-6-16-11)18-9-5-7(13)3-4-8(9)14/h3-6H,1-2H3,(H2,15,16,17,18). The van der Waals surface area contributed by atoms with E-state index in [9.17, 15) is 4.39 Å². The van der Waals surface area contributed by atoms with E-state index in [0.717, 1.165) is 4.47 Å². The number of hydrogen-bond donors (Lipinski definition) is 2. The van der Waals surface area contributed by atoms with Crippen LogP contribution in [0.4, 0.5) is 21.7 Å². The van der Waals surface area contributed by atoms with E-state index < -0.39 is 0 Å². The van der Waals surface area contributed by atoms with E-state index in [0.29, 0.717) is 23.1 Å². The van der Waals surface area contributed by atoms with Crippen molar-refractivity contribution in [2.75, 3.05) is 24.8 Å². The van der Waals surface area contributed by atoms with Crippen molar-refractivity contribution < 1.29 is 9.13 Å². The second-order valence-corrected chi connectivity index (χ2v) is 4.52. The van der Waals surface area contributed by atoms with Crippen LogP contribution in [0.3, 0.4) is 0 Å². The number of rotatable bonds is 4. The van der Waals surface area contributed by atoms with Crippen LogP contribution in [-0.2, 0) is 0 Å². The molecule has 100 valence electrons. The van der Waals surface area contributed by atoms with E-state index in [1.54, 1.807) is 19.2 Å². The maximum absolute atomic E-state index is 13.7. The Morgan fingerprint density at radius 3 is 2.68 bits per heavy atom. The molecule has 19 heavy (non-hydrogen) atoms. The molecule has 1 aromatic heterocycles. The predicted octanol–water partition coefficient (Wildman–Crippen LogP) is 3.17. The number of nitrogens with one attached hydrogen (secondary N) is 2. The second kappa shape index (κ2) is 5.83. The Morgan fingerprint density at radius 1 is 1.26 bits per heavy atom. The summed E-state index contributed by atoms with van der Waals surface area (Å²) >= 11 is 3.29. The van der Waals surface area contributed by atoms with Gasteiger partial charge in [-0.15, -0.1) is 0 Å². The predicted molar refractivity (Wildman–Crippen MR) is 75.5 cm³/mol. The van der Waals surface area contributed by atoms with Gasteiger partial charge in [0.2, 0.25) is 5.75 Å². The summed E-state index contributed by atoms with van der Waals surface area (Å²) in [5.41, 5.74) is 0.299. The highest BCUT2D eigenvalue weighted by Gasteiger charge is 2.13. The molecule has 2 N–H and O–H groups in total. The van der Waals surface area contributed by atoms with Gasteiger partial charge in [-0.2, -0.15) is 0 Å². The molecule has 0 fully saturated rings. The Hall–Kier alpha value is -1.89. The fourth-order valence-electron chi connectivity index (χ4n) is 1.56. The Labute approximate surface area is 118 Å². The number of halogens is 2. The maximum atomic E-state index is 13.7. The van der Waals surface area contributed by atoms with Gasteiger partial charge >= 0.3 is 0 Å². The van der Waals surface area contributed by atoms with Crippen LogP contribution in [0.2, 0.25) is 0 Å². The minimum Gasteiger partial charge on any atom is -0.490 e. The lowest BCUT2D eigenvalue weighted by Crippen LogP contribution is -2.04. The highest BCUT2D eigenvalue weighted by Crippen LogP contribution is 2.32. The second-order valence-electron chi connectivity index (χ2n) is 3.60. The van der Waals surface area contributed by atoms with E-state index in [-0.39, 0.29) is 5.82 Å². The molecule has 0 amide bonds. The van der Waals surface area contributed by atoms with E-state index in [2.05, 4.69) is 36.5 Å². The van der Waals surface area contributed by atoms with E-state index in [1.165, 1.54) is 19.5 Å². The first-order valence-electron chi connectivity index (χ1n) is 5.44. The number of aromatic nitrogens is 2. The minimum absolute atomic E-state index is 0.299. The summed E-state index contributed by atoms with van der Waals surface area (Å²) in [6, 6.07) is 4.60. The Kier molecular flexibility index (Phi) is 4.16. The number of methoxy groups -OCH3 is 1. The van der Waals surface area contributed by atoms with Crippen molar-refractivity contribution in [3.8, 4) is 5.75 Å². The van der Waals surface area contributed by atoms with Crippen molar-refractivity contribution >= 4 is 33.3 Å². The van der Waals surface area contributed by atoms with Crippen molar-refractivity contribution in [3.63, 3.8) is 0 Å². The molecule has 0 radical (unpaired) electrons. The van der Waals surface area contributed by atoms with Gasteiger partial charge in [-0.25, -0.2) is 14.4 Å². The average molecular weight is 327 g/mol. The third-order valence-corrected chi connectivity index (χ3v) is 2.92. The fraction of sp³-hybridized carbons (Fsp3) is 0.167. The molecule has 0 spiro atoms. The third kappa shape index (κ3) is 2.93. The first-order valence-corrected chi connectivity index (χ1v) is 6.23. The minimum atomic E-state index is -0.380. The van der Waals surface area contributed by atoms with Crippen LogP contribution in [0.15, 0.2) is 29.0 Å². The monoisotopic (exact) mass is 326 g/mol. The summed E-state index contributed by atoms with van der Waals surface area (Å²) in [5.74, 6) is 0.952. The molecule has 1 aromatic carbocycles. The van der Waals surface area contributed by atoms with Gasteiger partial charge in [0, 0.05) is 11.5 Å². The zero-order chi connectivity index (χ0) is 13.8. The maximum Gasteiger partial charge on any atom is 0.204 e. The molecule has 0 bridgehead atoms. The number of nitrogens with zero attached hydrogens (tertiary/aromatic N) is 2. The summed E-state index contributed by atoms with van der Waals surface area (Å²) < 4.78 is 19.7. The summed E-state index contributed by atoms with van der Waals surface area (Å²) in [4.78, 5) is 8.08. The van der Waals surface area contributed by atoms with E-state index in [4.69, 9.17) is 4.74 Å². The molecule has 0 aliphatic rings. The normalized spacial score (nSPS) is 10.1. The van der Waals surface area contributed by atoms with Gasteiger partial charge in [-0.05, 0) is 18.2 Å². The topological polar surface area (TPSA) is 59.1 Å². The third-order valence-electron chi connectivity index (χ3n) is 2.43. The van der Waals surface area contributed by atoms with Crippen LogP contribution in [0.1, 0.15) is 0 Å². The van der Waals surface area contributed by atoms with Crippen LogP contribution >= 0.6 is 15.9 Å². The van der Waals surface area contributed by atoms with Crippen molar-refractivity contribution in [3.05, 3.63) is 34.8 Å². The first kappa shape index (κ1) is 13.5. The van der Waals surface area contributed by atoms with Crippen molar-refractivity contribution in [2.45, 2.75) is 0 Å². The van der Waals surface area contributed by atoms with Gasteiger partial charge < -0.3 is 15.4 Å². The van der Waals surface area contributed by atoms with Crippen LogP contribution in [0.5, 0.6) is 5.75 Å². The number of ether oxygens (including phenoxy) is 1. The largest absolute Gasteiger partial charge is 0.490 e. The fourth-order valence-corrected chi connectivity index (χ4v) is 1.92. The first-order chi connectivity index (χ1) is 9.15. The average Bonchev–Trinajstić information content (AvgIpc) is 2.42. The summed E-state index contributed by atoms with van der Waals surface area (Å²) in [7, 11) is 3.22. The smallest absolute Gasteiger partial charge is 0.204 e.